The summed E-state index contributed by atoms with van der Waals surface area (Å²) in [5.74, 6) is -1.06. The highest BCUT2D eigenvalue weighted by molar-refractivity contribution is 5.73. The zero-order valence-electron chi connectivity index (χ0n) is 19.1. The summed E-state index contributed by atoms with van der Waals surface area (Å²) in [6, 6.07) is 0. The van der Waals surface area contributed by atoms with E-state index in [4.69, 9.17) is 9.84 Å². The number of aliphatic hydroxyl groups excluding tert-OH is 2. The minimum atomic E-state index is -1.08. The van der Waals surface area contributed by atoms with Crippen molar-refractivity contribution < 1.29 is 29.6 Å². The number of rotatable bonds is 13. The first-order valence-corrected chi connectivity index (χ1v) is 11.6. The summed E-state index contributed by atoms with van der Waals surface area (Å²) in [5, 5.41) is 29.0. The van der Waals surface area contributed by atoms with E-state index in [-0.39, 0.29) is 48.6 Å². The summed E-state index contributed by atoms with van der Waals surface area (Å²) < 4.78 is 6.04. The van der Waals surface area contributed by atoms with E-state index in [1.54, 1.807) is 12.2 Å². The Morgan fingerprint density at radius 2 is 1.91 bits per heavy atom. The number of ether oxygens (including phenoxy) is 1. The fraction of sp³-hybridized carbons (Fsp3) is 0.615. The molecule has 0 saturated heterocycles. The third kappa shape index (κ3) is 7.45. The van der Waals surface area contributed by atoms with Gasteiger partial charge >= 0.3 is 11.9 Å². The molecule has 0 radical (unpaired) electrons. The molecule has 0 amide bonds. The van der Waals surface area contributed by atoms with Crippen molar-refractivity contribution >= 4 is 11.9 Å². The molecule has 0 heterocycles. The molecule has 0 aromatic heterocycles. The van der Waals surface area contributed by atoms with E-state index in [2.05, 4.69) is 38.3 Å². The molecular formula is C26H38O6. The molecule has 6 atom stereocenters. The van der Waals surface area contributed by atoms with Crippen LogP contribution in [-0.2, 0) is 14.3 Å². The molecular weight excluding hydrogens is 408 g/mol. The smallest absolute Gasteiger partial charge is 0.309 e. The van der Waals surface area contributed by atoms with E-state index in [0.717, 1.165) is 12.8 Å². The van der Waals surface area contributed by atoms with Crippen LogP contribution in [0.25, 0.3) is 0 Å². The number of aliphatic carboxylic acids is 1. The molecule has 178 valence electrons. The fourth-order valence-electron chi connectivity index (χ4n) is 4.99. The first-order chi connectivity index (χ1) is 15.3. The number of carbonyl (C=O) groups is 2. The Hall–Kier alpha value is -2.18. The second-order valence-corrected chi connectivity index (χ2v) is 9.13. The highest BCUT2D eigenvalue weighted by Gasteiger charge is 2.40. The van der Waals surface area contributed by atoms with Crippen molar-refractivity contribution in [1.82, 2.24) is 0 Å². The summed E-state index contributed by atoms with van der Waals surface area (Å²) in [7, 11) is 0. The van der Waals surface area contributed by atoms with Gasteiger partial charge < -0.3 is 20.1 Å². The molecule has 32 heavy (non-hydrogen) atoms. The van der Waals surface area contributed by atoms with Crippen LogP contribution in [0.4, 0.5) is 0 Å². The normalized spacial score (nSPS) is 26.6. The third-order valence-corrected chi connectivity index (χ3v) is 6.64. The molecule has 0 aromatic rings. The zero-order chi connectivity index (χ0) is 23.7. The highest BCUT2D eigenvalue weighted by atomic mass is 16.5. The van der Waals surface area contributed by atoms with Gasteiger partial charge in [0.25, 0.3) is 0 Å². The summed E-state index contributed by atoms with van der Waals surface area (Å²) in [4.78, 5) is 23.6. The molecule has 2 aliphatic carbocycles. The minimum absolute atomic E-state index is 0.0415. The van der Waals surface area contributed by atoms with Gasteiger partial charge in [-0.2, -0.15) is 0 Å². The molecule has 2 rings (SSSR count). The molecule has 3 N–H and O–H groups in total. The highest BCUT2D eigenvalue weighted by Crippen LogP contribution is 2.44. The van der Waals surface area contributed by atoms with Crippen LogP contribution in [0.15, 0.2) is 49.1 Å². The van der Waals surface area contributed by atoms with Gasteiger partial charge in [0.2, 0.25) is 0 Å². The second kappa shape index (κ2) is 12.8. The maximum Gasteiger partial charge on any atom is 0.309 e. The Morgan fingerprint density at radius 1 is 1.22 bits per heavy atom. The van der Waals surface area contributed by atoms with Crippen LogP contribution in [0.5, 0.6) is 0 Å². The van der Waals surface area contributed by atoms with Crippen LogP contribution >= 0.6 is 0 Å². The Bertz CT molecular complexity index is 714. The number of carbonyl (C=O) groups excluding carboxylic acids is 1. The van der Waals surface area contributed by atoms with Crippen LogP contribution in [0.1, 0.15) is 58.3 Å². The lowest BCUT2D eigenvalue weighted by molar-refractivity contribution is -0.158. The molecule has 0 fully saturated rings. The molecule has 0 aromatic carbocycles. The quantitative estimate of drug-likeness (QED) is 0.289. The molecule has 6 nitrogen and oxygen atoms in total. The van der Waals surface area contributed by atoms with Crippen LogP contribution in [0.2, 0.25) is 0 Å². The first kappa shape index (κ1) is 26.1. The number of fused-ring (bicyclic) bond motifs is 1. The lowest BCUT2D eigenvalue weighted by Gasteiger charge is -2.42. The first-order valence-electron chi connectivity index (χ1n) is 11.6. The van der Waals surface area contributed by atoms with Gasteiger partial charge in [0.05, 0.1) is 24.5 Å². The number of esters is 1. The standard InChI is InChI=1S/C26H38O6/c1-4-7-19(8-5-2)26(31)32-23-10-6-9-18-12-11-17(3)22(25(18)23)14-13-20(27)15-21(28)16-24(29)30/h4-5,9,11-12,17,19-23,25,27-28H,1-2,6-8,10,13-16H2,3H3,(H,29,30). The zero-order valence-corrected chi connectivity index (χ0v) is 19.1. The fourth-order valence-corrected chi connectivity index (χ4v) is 4.99. The van der Waals surface area contributed by atoms with Crippen molar-refractivity contribution in [1.29, 1.82) is 0 Å². The van der Waals surface area contributed by atoms with E-state index < -0.39 is 18.2 Å². The van der Waals surface area contributed by atoms with Crippen LogP contribution in [0.3, 0.4) is 0 Å². The van der Waals surface area contributed by atoms with Crippen molar-refractivity contribution in [2.24, 2.45) is 23.7 Å². The minimum Gasteiger partial charge on any atom is -0.481 e. The largest absolute Gasteiger partial charge is 0.481 e. The molecule has 0 bridgehead atoms. The number of carboxylic acids is 1. The molecule has 2 aliphatic rings. The van der Waals surface area contributed by atoms with E-state index in [1.807, 2.05) is 0 Å². The van der Waals surface area contributed by atoms with Crippen molar-refractivity contribution in [3.05, 3.63) is 49.1 Å². The van der Waals surface area contributed by atoms with Gasteiger partial charge in [-0.3, -0.25) is 9.59 Å². The summed E-state index contributed by atoms with van der Waals surface area (Å²) in [6.07, 6.45) is 11.5. The van der Waals surface area contributed by atoms with Crippen molar-refractivity contribution in [2.45, 2.75) is 76.6 Å². The Labute approximate surface area is 191 Å². The average molecular weight is 447 g/mol. The topological polar surface area (TPSA) is 104 Å². The SMILES string of the molecule is C=CCC(CC=C)C(=O)OC1CCC=C2C=CC(C)C(CCC(O)CC(O)CC(=O)O)C21. The van der Waals surface area contributed by atoms with Crippen molar-refractivity contribution in [3.8, 4) is 0 Å². The van der Waals surface area contributed by atoms with Gasteiger partial charge in [-0.15, -0.1) is 13.2 Å². The van der Waals surface area contributed by atoms with E-state index in [0.29, 0.717) is 25.7 Å². The Morgan fingerprint density at radius 3 is 2.53 bits per heavy atom. The van der Waals surface area contributed by atoms with Gasteiger partial charge in [0.1, 0.15) is 6.10 Å². The molecule has 0 spiro atoms. The number of carboxylic acid groups (broad SMARTS) is 1. The van der Waals surface area contributed by atoms with Crippen molar-refractivity contribution in [3.63, 3.8) is 0 Å². The predicted molar refractivity (Wildman–Crippen MR) is 124 cm³/mol. The lowest BCUT2D eigenvalue weighted by Crippen LogP contribution is -2.40. The molecule has 6 heteroatoms. The lowest BCUT2D eigenvalue weighted by atomic mass is 9.66. The Kier molecular flexibility index (Phi) is 10.4. The third-order valence-electron chi connectivity index (χ3n) is 6.64. The Balaban J connectivity index is 2.07. The van der Waals surface area contributed by atoms with E-state index >= 15 is 0 Å². The number of hydrogen-bond acceptors (Lipinski definition) is 5. The van der Waals surface area contributed by atoms with Crippen LogP contribution in [-0.4, -0.2) is 45.6 Å². The molecule has 0 saturated carbocycles. The van der Waals surface area contributed by atoms with E-state index in [1.165, 1.54) is 5.57 Å². The summed E-state index contributed by atoms with van der Waals surface area (Å²) in [6.45, 7) is 9.62. The predicted octanol–water partition coefficient (Wildman–Crippen LogP) is 4.19. The second-order valence-electron chi connectivity index (χ2n) is 9.13. The van der Waals surface area contributed by atoms with Crippen molar-refractivity contribution in [2.75, 3.05) is 0 Å². The number of hydrogen-bond donors (Lipinski definition) is 3. The van der Waals surface area contributed by atoms with Crippen LogP contribution in [0, 0.1) is 23.7 Å². The van der Waals surface area contributed by atoms with Gasteiger partial charge in [-0.25, -0.2) is 0 Å². The number of aliphatic hydroxyl groups is 2. The van der Waals surface area contributed by atoms with E-state index in [9.17, 15) is 19.8 Å². The maximum atomic E-state index is 12.9. The van der Waals surface area contributed by atoms with Gasteiger partial charge in [0, 0.05) is 5.92 Å². The average Bonchev–Trinajstić information content (AvgIpc) is 2.72. The monoisotopic (exact) mass is 446 g/mol. The molecule has 0 aliphatic heterocycles. The van der Waals surface area contributed by atoms with Gasteiger partial charge in [-0.05, 0) is 62.4 Å². The maximum absolute atomic E-state index is 12.9. The summed E-state index contributed by atoms with van der Waals surface area (Å²) in [5.41, 5.74) is 1.18. The number of allylic oxidation sites excluding steroid dienone is 5. The van der Waals surface area contributed by atoms with Crippen LogP contribution < -0.4 is 0 Å². The van der Waals surface area contributed by atoms with Gasteiger partial charge in [0.15, 0.2) is 0 Å². The summed E-state index contributed by atoms with van der Waals surface area (Å²) >= 11 is 0. The van der Waals surface area contributed by atoms with Gasteiger partial charge in [-0.1, -0.05) is 37.3 Å². The molecule has 6 unspecified atom stereocenters.